The minimum Gasteiger partial charge on any atom is -0.377 e. The Kier molecular flexibility index (Phi) is 3.53. The summed E-state index contributed by atoms with van der Waals surface area (Å²) in [7, 11) is 0. The summed E-state index contributed by atoms with van der Waals surface area (Å²) in [6.07, 6.45) is 1.67. The van der Waals surface area contributed by atoms with Crippen LogP contribution in [-0.4, -0.2) is 50.9 Å². The number of fused-ring (bicyclic) bond motifs is 1. The number of pyridine rings is 1. The first-order valence-corrected chi connectivity index (χ1v) is 7.77. The monoisotopic (exact) mass is 327 g/mol. The third kappa shape index (κ3) is 2.35. The van der Waals surface area contributed by atoms with E-state index in [0.29, 0.717) is 47.8 Å². The second-order valence-electron chi connectivity index (χ2n) is 5.86. The number of ether oxygens (including phenoxy) is 1. The minimum absolute atomic E-state index is 0.0836. The molecule has 0 radical (unpaired) electrons. The van der Waals surface area contributed by atoms with Crippen molar-refractivity contribution in [2.75, 3.05) is 19.8 Å². The van der Waals surface area contributed by atoms with E-state index in [4.69, 9.17) is 9.26 Å². The molecule has 1 saturated heterocycles. The molecule has 0 aromatic carbocycles. The molecule has 0 spiro atoms. The van der Waals surface area contributed by atoms with E-state index in [1.54, 1.807) is 17.2 Å². The first-order chi connectivity index (χ1) is 11.6. The summed E-state index contributed by atoms with van der Waals surface area (Å²) in [5, 5.41) is 11.5. The van der Waals surface area contributed by atoms with Crippen molar-refractivity contribution in [2.24, 2.45) is 0 Å². The fourth-order valence-electron chi connectivity index (χ4n) is 3.10. The highest BCUT2D eigenvalue weighted by Gasteiger charge is 2.32. The number of carbonyl (C=O) groups excluding carboxylic acids is 1. The van der Waals surface area contributed by atoms with Gasteiger partial charge in [-0.05, 0) is 26.0 Å². The number of nitrogens with one attached hydrogen (secondary N) is 1. The number of rotatable bonds is 2. The lowest BCUT2D eigenvalue weighted by molar-refractivity contribution is -0.00381. The molecule has 4 rings (SSSR count). The van der Waals surface area contributed by atoms with Gasteiger partial charge in [0.2, 0.25) is 0 Å². The van der Waals surface area contributed by atoms with Crippen LogP contribution in [0.2, 0.25) is 0 Å². The molecule has 1 fully saturated rings. The molecule has 1 N–H and O–H groups in total. The number of nitrogens with zero attached hydrogens (tertiary/aromatic N) is 4. The van der Waals surface area contributed by atoms with Crippen LogP contribution in [0.3, 0.4) is 0 Å². The Labute approximate surface area is 137 Å². The van der Waals surface area contributed by atoms with Gasteiger partial charge in [0.25, 0.3) is 11.6 Å². The van der Waals surface area contributed by atoms with Gasteiger partial charge in [0.1, 0.15) is 0 Å². The first kappa shape index (κ1) is 14.8. The van der Waals surface area contributed by atoms with Crippen LogP contribution in [0, 0.1) is 13.8 Å². The number of carbonyl (C=O) groups is 1. The molecule has 1 atom stereocenters. The standard InChI is InChI=1S/C16H17N5O3/c1-9-7-11(14-10(2)20-24-15(14)18-9)16(22)21-5-6-23-8-13(21)12-3-4-17-19-12/h3-4,7,13H,5-6,8H2,1-2H3,(H,17,19)/t13-/m1/s1. The van der Waals surface area contributed by atoms with E-state index in [1.807, 2.05) is 19.9 Å². The van der Waals surface area contributed by atoms with Crippen LogP contribution >= 0.6 is 0 Å². The summed E-state index contributed by atoms with van der Waals surface area (Å²) in [5.74, 6) is -0.0836. The largest absolute Gasteiger partial charge is 0.377 e. The van der Waals surface area contributed by atoms with E-state index in [9.17, 15) is 4.79 Å². The Morgan fingerprint density at radius 2 is 2.29 bits per heavy atom. The van der Waals surface area contributed by atoms with Crippen LogP contribution in [0.1, 0.15) is 33.5 Å². The Hall–Kier alpha value is -2.74. The van der Waals surface area contributed by atoms with Crippen molar-refractivity contribution >= 4 is 17.0 Å². The fourth-order valence-corrected chi connectivity index (χ4v) is 3.10. The number of aromatic amines is 1. The maximum Gasteiger partial charge on any atom is 0.258 e. The highest BCUT2D eigenvalue weighted by Crippen LogP contribution is 2.28. The first-order valence-electron chi connectivity index (χ1n) is 7.77. The summed E-state index contributed by atoms with van der Waals surface area (Å²) in [6.45, 7) is 5.09. The second-order valence-corrected chi connectivity index (χ2v) is 5.86. The molecule has 124 valence electrons. The molecule has 24 heavy (non-hydrogen) atoms. The third-order valence-electron chi connectivity index (χ3n) is 4.25. The number of amides is 1. The van der Waals surface area contributed by atoms with Crippen LogP contribution in [0.15, 0.2) is 22.9 Å². The van der Waals surface area contributed by atoms with E-state index < -0.39 is 0 Å². The van der Waals surface area contributed by atoms with E-state index in [1.165, 1.54) is 0 Å². The van der Waals surface area contributed by atoms with Gasteiger partial charge in [0.15, 0.2) is 0 Å². The van der Waals surface area contributed by atoms with Gasteiger partial charge in [-0.15, -0.1) is 0 Å². The quantitative estimate of drug-likeness (QED) is 0.770. The maximum absolute atomic E-state index is 13.3. The SMILES string of the molecule is Cc1cc(C(=O)N2CCOC[C@@H]2c2ccn[nH]2)c2c(C)noc2n1. The van der Waals surface area contributed by atoms with Crippen molar-refractivity contribution in [1.29, 1.82) is 0 Å². The Bertz CT molecular complexity index is 887. The van der Waals surface area contributed by atoms with Crippen molar-refractivity contribution in [3.63, 3.8) is 0 Å². The van der Waals surface area contributed by atoms with Gasteiger partial charge in [-0.1, -0.05) is 5.16 Å². The average Bonchev–Trinajstić information content (AvgIpc) is 3.24. The predicted octanol–water partition coefficient (Wildman–Crippen LogP) is 1.78. The van der Waals surface area contributed by atoms with Crippen LogP contribution in [0.5, 0.6) is 0 Å². The highest BCUT2D eigenvalue weighted by atomic mass is 16.5. The molecule has 3 aromatic rings. The van der Waals surface area contributed by atoms with E-state index in [2.05, 4.69) is 20.3 Å². The van der Waals surface area contributed by atoms with Gasteiger partial charge in [0, 0.05) is 18.4 Å². The number of morpholine rings is 1. The fraction of sp³-hybridized carbons (Fsp3) is 0.375. The molecule has 4 heterocycles. The number of aromatic nitrogens is 4. The molecule has 1 aliphatic heterocycles. The van der Waals surface area contributed by atoms with Crippen LogP contribution in [0.25, 0.3) is 11.1 Å². The van der Waals surface area contributed by atoms with Crippen LogP contribution in [-0.2, 0) is 4.74 Å². The molecule has 1 aliphatic rings. The van der Waals surface area contributed by atoms with Crippen molar-refractivity contribution in [3.05, 3.63) is 41.0 Å². The lowest BCUT2D eigenvalue weighted by Crippen LogP contribution is -2.43. The summed E-state index contributed by atoms with van der Waals surface area (Å²) in [4.78, 5) is 19.4. The van der Waals surface area contributed by atoms with Crippen molar-refractivity contribution < 1.29 is 14.1 Å². The smallest absolute Gasteiger partial charge is 0.258 e. The zero-order valence-corrected chi connectivity index (χ0v) is 13.4. The van der Waals surface area contributed by atoms with Crippen molar-refractivity contribution in [3.8, 4) is 0 Å². The average molecular weight is 327 g/mol. The zero-order valence-electron chi connectivity index (χ0n) is 13.4. The van der Waals surface area contributed by atoms with Crippen LogP contribution in [0.4, 0.5) is 0 Å². The molecule has 1 amide bonds. The second kappa shape index (κ2) is 5.72. The van der Waals surface area contributed by atoms with Gasteiger partial charge in [0.05, 0.1) is 41.6 Å². The minimum atomic E-state index is -0.197. The van der Waals surface area contributed by atoms with E-state index >= 15 is 0 Å². The van der Waals surface area contributed by atoms with Gasteiger partial charge in [-0.3, -0.25) is 9.89 Å². The topological polar surface area (TPSA) is 97.1 Å². The molecule has 8 nitrogen and oxygen atoms in total. The summed E-state index contributed by atoms with van der Waals surface area (Å²) >= 11 is 0. The number of H-pyrrole nitrogens is 1. The normalized spacial score (nSPS) is 18.2. The molecule has 8 heteroatoms. The molecule has 3 aromatic heterocycles. The Balaban J connectivity index is 1.78. The molecule has 0 aliphatic carbocycles. The molecular formula is C16H17N5O3. The summed E-state index contributed by atoms with van der Waals surface area (Å²) in [5.41, 5.74) is 3.18. The molecule has 0 bridgehead atoms. The maximum atomic E-state index is 13.3. The molecule has 0 saturated carbocycles. The van der Waals surface area contributed by atoms with Gasteiger partial charge in [-0.2, -0.15) is 5.10 Å². The van der Waals surface area contributed by atoms with E-state index in [-0.39, 0.29) is 11.9 Å². The zero-order chi connectivity index (χ0) is 16.7. The van der Waals surface area contributed by atoms with E-state index in [0.717, 1.165) is 5.69 Å². The Morgan fingerprint density at radius 3 is 3.08 bits per heavy atom. The van der Waals surface area contributed by atoms with Crippen molar-refractivity contribution in [2.45, 2.75) is 19.9 Å². The third-order valence-corrected chi connectivity index (χ3v) is 4.25. The predicted molar refractivity (Wildman–Crippen MR) is 84.5 cm³/mol. The number of hydrogen-bond donors (Lipinski definition) is 1. The lowest BCUT2D eigenvalue weighted by Gasteiger charge is -2.35. The van der Waals surface area contributed by atoms with Gasteiger partial charge >= 0.3 is 0 Å². The Morgan fingerprint density at radius 1 is 1.42 bits per heavy atom. The lowest BCUT2D eigenvalue weighted by atomic mass is 10.1. The van der Waals surface area contributed by atoms with Gasteiger partial charge in [-0.25, -0.2) is 4.98 Å². The van der Waals surface area contributed by atoms with Crippen LogP contribution < -0.4 is 0 Å². The van der Waals surface area contributed by atoms with Crippen molar-refractivity contribution in [1.82, 2.24) is 25.2 Å². The number of hydrogen-bond acceptors (Lipinski definition) is 6. The summed E-state index contributed by atoms with van der Waals surface area (Å²) < 4.78 is 10.8. The van der Waals surface area contributed by atoms with Gasteiger partial charge < -0.3 is 14.2 Å². The molecular weight excluding hydrogens is 310 g/mol. The number of aryl methyl sites for hydroxylation is 2. The highest BCUT2D eigenvalue weighted by molar-refractivity contribution is 6.06. The summed E-state index contributed by atoms with van der Waals surface area (Å²) in [6, 6.07) is 3.45. The molecule has 0 unspecified atom stereocenters.